The number of aromatic hydroxyl groups is 1. The van der Waals surface area contributed by atoms with Gasteiger partial charge in [-0.05, 0) is 24.3 Å². The highest BCUT2D eigenvalue weighted by Crippen LogP contribution is 2.33. The molecule has 0 bridgehead atoms. The molecular formula is C13H10N2O2S. The van der Waals surface area contributed by atoms with E-state index in [1.54, 1.807) is 30.5 Å². The van der Waals surface area contributed by atoms with E-state index >= 15 is 0 Å². The fourth-order valence-corrected chi connectivity index (χ4v) is 2.72. The molecule has 0 fully saturated rings. The third-order valence-corrected chi connectivity index (χ3v) is 3.69. The second kappa shape index (κ2) is 4.36. The van der Waals surface area contributed by atoms with Gasteiger partial charge in [-0.2, -0.15) is 0 Å². The second-order valence-corrected chi connectivity index (χ2v) is 4.90. The Morgan fingerprint density at radius 1 is 1.11 bits per heavy atom. The van der Waals surface area contributed by atoms with Crippen LogP contribution < -0.4 is 0 Å². The van der Waals surface area contributed by atoms with Gasteiger partial charge in [-0.3, -0.25) is 4.98 Å². The minimum absolute atomic E-state index is 0.128. The second-order valence-electron chi connectivity index (χ2n) is 3.83. The maximum Gasteiger partial charge on any atom is 0.147 e. The van der Waals surface area contributed by atoms with Crippen molar-refractivity contribution in [1.82, 2.24) is 9.97 Å². The Balaban J connectivity index is 2.07. The molecule has 4 nitrogen and oxygen atoms in total. The highest BCUT2D eigenvalue weighted by atomic mass is 32.1. The number of aliphatic hydroxyl groups excluding tert-OH is 1. The van der Waals surface area contributed by atoms with E-state index in [9.17, 15) is 10.2 Å². The predicted octanol–water partition coefficient (Wildman–Crippen LogP) is 2.48. The fraction of sp³-hybridized carbons (Fsp3) is 0.0769. The Labute approximate surface area is 107 Å². The molecule has 0 amide bonds. The monoisotopic (exact) mass is 258 g/mol. The molecule has 2 aromatic heterocycles. The average molecular weight is 258 g/mol. The van der Waals surface area contributed by atoms with Crippen LogP contribution >= 0.6 is 11.3 Å². The normalized spacial score (nSPS) is 12.7. The smallest absolute Gasteiger partial charge is 0.147 e. The van der Waals surface area contributed by atoms with E-state index in [0.717, 1.165) is 4.70 Å². The van der Waals surface area contributed by atoms with Gasteiger partial charge in [0, 0.05) is 6.20 Å². The number of benzene rings is 1. The Morgan fingerprint density at radius 3 is 2.72 bits per heavy atom. The van der Waals surface area contributed by atoms with Gasteiger partial charge in [-0.25, -0.2) is 4.98 Å². The van der Waals surface area contributed by atoms with Gasteiger partial charge in [0.25, 0.3) is 0 Å². The lowest BCUT2D eigenvalue weighted by Gasteiger charge is -2.05. The number of pyridine rings is 1. The van der Waals surface area contributed by atoms with Crippen LogP contribution in [0.1, 0.15) is 16.8 Å². The summed E-state index contributed by atoms with van der Waals surface area (Å²) in [4.78, 5) is 8.37. The first-order chi connectivity index (χ1) is 8.75. The van der Waals surface area contributed by atoms with Gasteiger partial charge in [0.2, 0.25) is 0 Å². The molecule has 1 aromatic carbocycles. The molecule has 0 aliphatic rings. The van der Waals surface area contributed by atoms with Crippen LogP contribution in [0.3, 0.4) is 0 Å². The molecule has 0 aliphatic carbocycles. The van der Waals surface area contributed by atoms with Crippen molar-refractivity contribution in [3.63, 3.8) is 0 Å². The minimum Gasteiger partial charge on any atom is -0.506 e. The van der Waals surface area contributed by atoms with E-state index in [0.29, 0.717) is 16.2 Å². The quantitative estimate of drug-likeness (QED) is 0.741. The molecule has 90 valence electrons. The van der Waals surface area contributed by atoms with E-state index in [-0.39, 0.29) is 5.75 Å². The van der Waals surface area contributed by atoms with Crippen molar-refractivity contribution in [3.8, 4) is 5.75 Å². The lowest BCUT2D eigenvalue weighted by molar-refractivity contribution is 0.215. The Kier molecular flexibility index (Phi) is 2.70. The van der Waals surface area contributed by atoms with Crippen molar-refractivity contribution < 1.29 is 10.2 Å². The van der Waals surface area contributed by atoms with Crippen molar-refractivity contribution in [2.24, 2.45) is 0 Å². The van der Waals surface area contributed by atoms with E-state index < -0.39 is 6.10 Å². The molecule has 3 rings (SSSR count). The van der Waals surface area contributed by atoms with Crippen LogP contribution in [0.4, 0.5) is 0 Å². The molecule has 1 unspecified atom stereocenters. The zero-order valence-electron chi connectivity index (χ0n) is 9.32. The summed E-state index contributed by atoms with van der Waals surface area (Å²) in [6.07, 6.45) is 0.770. The summed E-state index contributed by atoms with van der Waals surface area (Å²) in [7, 11) is 0. The van der Waals surface area contributed by atoms with Crippen LogP contribution in [0.15, 0.2) is 42.6 Å². The molecule has 0 saturated carbocycles. The topological polar surface area (TPSA) is 66.2 Å². The number of aliphatic hydroxyl groups is 1. The first-order valence-corrected chi connectivity index (χ1v) is 6.25. The van der Waals surface area contributed by atoms with Gasteiger partial charge >= 0.3 is 0 Å². The largest absolute Gasteiger partial charge is 0.506 e. The Morgan fingerprint density at radius 2 is 2.00 bits per heavy atom. The summed E-state index contributed by atoms with van der Waals surface area (Å²) < 4.78 is 0.847. The number of aromatic nitrogens is 2. The van der Waals surface area contributed by atoms with Crippen LogP contribution in [0.5, 0.6) is 5.75 Å². The maximum absolute atomic E-state index is 10.2. The lowest BCUT2D eigenvalue weighted by atomic mass is 10.2. The number of para-hydroxylation sites is 1. The molecule has 0 radical (unpaired) electrons. The summed E-state index contributed by atoms with van der Waals surface area (Å²) in [5, 5.41) is 20.4. The number of hydrogen-bond acceptors (Lipinski definition) is 5. The van der Waals surface area contributed by atoms with E-state index in [4.69, 9.17) is 0 Å². The standard InChI is InChI=1S/C13H10N2O2S/c16-9-5-3-6-10-11(9)15-13(18-10)12(17)8-4-1-2-7-14-8/h1-7,12,16-17H. The Hall–Kier alpha value is -1.98. The van der Waals surface area contributed by atoms with Crippen LogP contribution in [0.2, 0.25) is 0 Å². The number of phenolic OH excluding ortho intramolecular Hbond substituents is 1. The van der Waals surface area contributed by atoms with Gasteiger partial charge in [-0.1, -0.05) is 12.1 Å². The summed E-state index contributed by atoms with van der Waals surface area (Å²) >= 11 is 1.35. The van der Waals surface area contributed by atoms with E-state index in [1.165, 1.54) is 11.3 Å². The molecule has 18 heavy (non-hydrogen) atoms. The maximum atomic E-state index is 10.2. The zero-order valence-corrected chi connectivity index (χ0v) is 10.1. The van der Waals surface area contributed by atoms with E-state index in [1.807, 2.05) is 12.1 Å². The van der Waals surface area contributed by atoms with Gasteiger partial charge in [0.05, 0.1) is 10.4 Å². The fourth-order valence-electron chi connectivity index (χ4n) is 1.73. The number of rotatable bonds is 2. The van der Waals surface area contributed by atoms with Crippen molar-refractivity contribution in [2.45, 2.75) is 6.10 Å². The van der Waals surface area contributed by atoms with Crippen molar-refractivity contribution >= 4 is 21.6 Å². The molecule has 3 aromatic rings. The number of phenols is 1. The van der Waals surface area contributed by atoms with Crippen molar-refractivity contribution in [2.75, 3.05) is 0 Å². The predicted molar refractivity (Wildman–Crippen MR) is 69.6 cm³/mol. The zero-order chi connectivity index (χ0) is 12.5. The van der Waals surface area contributed by atoms with Crippen molar-refractivity contribution in [1.29, 1.82) is 0 Å². The molecule has 0 spiro atoms. The molecule has 2 heterocycles. The highest BCUT2D eigenvalue weighted by Gasteiger charge is 2.17. The lowest BCUT2D eigenvalue weighted by Crippen LogP contribution is -2.00. The van der Waals surface area contributed by atoms with Crippen LogP contribution in [-0.4, -0.2) is 20.2 Å². The molecule has 0 saturated heterocycles. The van der Waals surface area contributed by atoms with Gasteiger partial charge in [-0.15, -0.1) is 11.3 Å². The van der Waals surface area contributed by atoms with Gasteiger partial charge in [0.1, 0.15) is 22.4 Å². The van der Waals surface area contributed by atoms with E-state index in [2.05, 4.69) is 9.97 Å². The number of hydrogen-bond donors (Lipinski definition) is 2. The number of thiazole rings is 1. The first kappa shape index (κ1) is 11.1. The number of nitrogens with zero attached hydrogens (tertiary/aromatic N) is 2. The summed E-state index contributed by atoms with van der Waals surface area (Å²) in [5.74, 6) is 0.128. The molecule has 5 heteroatoms. The van der Waals surface area contributed by atoms with Crippen LogP contribution in [-0.2, 0) is 0 Å². The molecular weight excluding hydrogens is 248 g/mol. The average Bonchev–Trinajstić information content (AvgIpc) is 2.84. The van der Waals surface area contributed by atoms with Crippen molar-refractivity contribution in [3.05, 3.63) is 53.3 Å². The molecule has 2 N–H and O–H groups in total. The summed E-state index contributed by atoms with van der Waals surface area (Å²) in [6, 6.07) is 10.6. The first-order valence-electron chi connectivity index (χ1n) is 5.43. The molecule has 1 atom stereocenters. The third kappa shape index (κ3) is 1.83. The summed E-state index contributed by atoms with van der Waals surface area (Å²) in [6.45, 7) is 0. The molecule has 0 aliphatic heterocycles. The van der Waals surface area contributed by atoms with Crippen LogP contribution in [0, 0.1) is 0 Å². The Bertz CT molecular complexity index is 682. The highest BCUT2D eigenvalue weighted by molar-refractivity contribution is 7.18. The summed E-state index contributed by atoms with van der Waals surface area (Å²) in [5.41, 5.74) is 1.07. The van der Waals surface area contributed by atoms with Gasteiger partial charge < -0.3 is 10.2 Å². The SMILES string of the molecule is Oc1cccc2sc(C(O)c3ccccn3)nc12. The van der Waals surface area contributed by atoms with Crippen LogP contribution in [0.25, 0.3) is 10.2 Å². The third-order valence-electron chi connectivity index (χ3n) is 2.62. The van der Waals surface area contributed by atoms with Gasteiger partial charge in [0.15, 0.2) is 0 Å². The minimum atomic E-state index is -0.858. The number of fused-ring (bicyclic) bond motifs is 1.